The molecule has 1 atom stereocenters. The van der Waals surface area contributed by atoms with Crippen molar-refractivity contribution in [1.82, 2.24) is 14.9 Å². The van der Waals surface area contributed by atoms with Crippen LogP contribution in [0.5, 0.6) is 0 Å². The van der Waals surface area contributed by atoms with Gasteiger partial charge in [-0.25, -0.2) is 12.7 Å². The van der Waals surface area contributed by atoms with Crippen LogP contribution in [0.2, 0.25) is 0 Å². The largest absolute Gasteiger partial charge is 0.317 e. The molecule has 0 amide bonds. The maximum absolute atomic E-state index is 11.5. The minimum Gasteiger partial charge on any atom is -0.317 e. The maximum Gasteiger partial charge on any atom is 0.214 e. The lowest BCUT2D eigenvalue weighted by molar-refractivity contribution is 0.473. The summed E-state index contributed by atoms with van der Waals surface area (Å²) in [7, 11) is 0.0957. The number of sulfonamides is 1. The van der Waals surface area contributed by atoms with Crippen LogP contribution >= 0.6 is 0 Å². The Morgan fingerprint density at radius 3 is 2.75 bits per heavy atom. The van der Waals surface area contributed by atoms with Crippen molar-refractivity contribution in [2.75, 3.05) is 39.5 Å². The van der Waals surface area contributed by atoms with Gasteiger partial charge < -0.3 is 10.6 Å². The molecule has 1 aliphatic heterocycles. The molecule has 0 bridgehead atoms. The zero-order valence-electron chi connectivity index (χ0n) is 10.2. The Kier molecular flexibility index (Phi) is 5.68. The summed E-state index contributed by atoms with van der Waals surface area (Å²) < 4.78 is 24.3. The molecule has 2 N–H and O–H groups in total. The van der Waals surface area contributed by atoms with Gasteiger partial charge in [-0.3, -0.25) is 0 Å². The highest BCUT2D eigenvalue weighted by Gasteiger charge is 2.15. The van der Waals surface area contributed by atoms with E-state index in [0.717, 1.165) is 32.4 Å². The summed E-state index contributed by atoms with van der Waals surface area (Å²) in [5, 5.41) is 6.66. The Labute approximate surface area is 98.6 Å². The quantitative estimate of drug-likeness (QED) is 0.696. The van der Waals surface area contributed by atoms with E-state index in [1.165, 1.54) is 4.31 Å². The van der Waals surface area contributed by atoms with Crippen molar-refractivity contribution in [3.63, 3.8) is 0 Å². The standard InChI is InChI=1S/C10H23N3O2S/c1-13(2)16(14,15)9-8-12-10-4-3-6-11-7-5-10/h10-12H,3-9H2,1-2H3. The van der Waals surface area contributed by atoms with Crippen molar-refractivity contribution >= 4 is 10.0 Å². The van der Waals surface area contributed by atoms with Gasteiger partial charge in [0.2, 0.25) is 10.0 Å². The second kappa shape index (κ2) is 6.54. The van der Waals surface area contributed by atoms with Gasteiger partial charge in [0.15, 0.2) is 0 Å². The number of hydrogen-bond donors (Lipinski definition) is 2. The van der Waals surface area contributed by atoms with Crippen LogP contribution in [-0.4, -0.2) is 58.2 Å². The molecule has 1 aliphatic rings. The summed E-state index contributed by atoms with van der Waals surface area (Å²) in [6.45, 7) is 2.65. The molecule has 0 aromatic heterocycles. The molecule has 1 heterocycles. The molecule has 1 saturated heterocycles. The van der Waals surface area contributed by atoms with Crippen LogP contribution in [0.25, 0.3) is 0 Å². The highest BCUT2D eigenvalue weighted by molar-refractivity contribution is 7.89. The average molecular weight is 249 g/mol. The van der Waals surface area contributed by atoms with Crippen LogP contribution in [0.4, 0.5) is 0 Å². The number of hydrogen-bond acceptors (Lipinski definition) is 4. The van der Waals surface area contributed by atoms with E-state index in [9.17, 15) is 8.42 Å². The van der Waals surface area contributed by atoms with E-state index in [1.54, 1.807) is 14.1 Å². The van der Waals surface area contributed by atoms with Gasteiger partial charge in [-0.1, -0.05) is 0 Å². The monoisotopic (exact) mass is 249 g/mol. The lowest BCUT2D eigenvalue weighted by atomic mass is 10.1. The van der Waals surface area contributed by atoms with Crippen molar-refractivity contribution in [2.45, 2.75) is 25.3 Å². The van der Waals surface area contributed by atoms with Crippen LogP contribution in [-0.2, 0) is 10.0 Å². The zero-order chi connectivity index (χ0) is 12.0. The van der Waals surface area contributed by atoms with E-state index in [2.05, 4.69) is 10.6 Å². The van der Waals surface area contributed by atoms with Crippen molar-refractivity contribution < 1.29 is 8.42 Å². The third-order valence-electron chi connectivity index (χ3n) is 2.93. The van der Waals surface area contributed by atoms with E-state index >= 15 is 0 Å². The first kappa shape index (κ1) is 13.9. The Balaban J connectivity index is 2.24. The summed E-state index contributed by atoms with van der Waals surface area (Å²) in [5.74, 6) is 0.184. The number of nitrogens with one attached hydrogen (secondary N) is 2. The normalized spacial score (nSPS) is 23.3. The first-order valence-corrected chi connectivity index (χ1v) is 7.47. The molecule has 1 fully saturated rings. The van der Waals surface area contributed by atoms with E-state index in [-0.39, 0.29) is 5.75 Å². The Hall–Kier alpha value is -0.170. The van der Waals surface area contributed by atoms with Crippen molar-refractivity contribution in [3.05, 3.63) is 0 Å². The molecule has 0 aromatic rings. The molecule has 6 heteroatoms. The van der Waals surface area contributed by atoms with Crippen molar-refractivity contribution in [3.8, 4) is 0 Å². The predicted molar refractivity (Wildman–Crippen MR) is 66.0 cm³/mol. The SMILES string of the molecule is CN(C)S(=O)(=O)CCNC1CCCNCC1. The fraction of sp³-hybridized carbons (Fsp3) is 1.00. The maximum atomic E-state index is 11.5. The molecule has 5 nitrogen and oxygen atoms in total. The first-order valence-electron chi connectivity index (χ1n) is 5.86. The Morgan fingerprint density at radius 2 is 2.06 bits per heavy atom. The van der Waals surface area contributed by atoms with Crippen LogP contribution in [0.15, 0.2) is 0 Å². The van der Waals surface area contributed by atoms with Gasteiger partial charge in [-0.05, 0) is 32.4 Å². The van der Waals surface area contributed by atoms with Gasteiger partial charge in [-0.15, -0.1) is 0 Å². The topological polar surface area (TPSA) is 61.4 Å². The lowest BCUT2D eigenvalue weighted by Crippen LogP contribution is -2.36. The summed E-state index contributed by atoms with van der Waals surface area (Å²) >= 11 is 0. The molecule has 0 saturated carbocycles. The molecule has 1 unspecified atom stereocenters. The molecule has 0 radical (unpaired) electrons. The van der Waals surface area contributed by atoms with Gasteiger partial charge in [0, 0.05) is 26.7 Å². The molecular weight excluding hydrogens is 226 g/mol. The van der Waals surface area contributed by atoms with Gasteiger partial charge in [-0.2, -0.15) is 0 Å². The Bertz CT molecular complexity index is 282. The second-order valence-corrected chi connectivity index (χ2v) is 6.73. The summed E-state index contributed by atoms with van der Waals surface area (Å²) in [5.41, 5.74) is 0. The molecule has 1 rings (SSSR count). The highest BCUT2D eigenvalue weighted by atomic mass is 32.2. The molecule has 16 heavy (non-hydrogen) atoms. The lowest BCUT2D eigenvalue weighted by Gasteiger charge is -2.17. The van der Waals surface area contributed by atoms with E-state index in [4.69, 9.17) is 0 Å². The third kappa shape index (κ3) is 4.78. The van der Waals surface area contributed by atoms with Gasteiger partial charge in [0.25, 0.3) is 0 Å². The van der Waals surface area contributed by atoms with E-state index in [0.29, 0.717) is 12.6 Å². The average Bonchev–Trinajstić information content (AvgIpc) is 2.46. The highest BCUT2D eigenvalue weighted by Crippen LogP contribution is 2.04. The summed E-state index contributed by atoms with van der Waals surface area (Å²) in [4.78, 5) is 0. The van der Waals surface area contributed by atoms with Gasteiger partial charge in [0.05, 0.1) is 5.75 Å². The minimum absolute atomic E-state index is 0.184. The van der Waals surface area contributed by atoms with Crippen LogP contribution in [0.3, 0.4) is 0 Å². The van der Waals surface area contributed by atoms with Crippen molar-refractivity contribution in [2.24, 2.45) is 0 Å². The van der Waals surface area contributed by atoms with Crippen molar-refractivity contribution in [1.29, 1.82) is 0 Å². The number of rotatable bonds is 5. The van der Waals surface area contributed by atoms with Crippen LogP contribution < -0.4 is 10.6 Å². The second-order valence-electron chi connectivity index (χ2n) is 4.43. The van der Waals surface area contributed by atoms with Crippen LogP contribution in [0, 0.1) is 0 Å². The van der Waals surface area contributed by atoms with Crippen LogP contribution in [0.1, 0.15) is 19.3 Å². The molecular formula is C10H23N3O2S. The van der Waals surface area contributed by atoms with E-state index in [1.807, 2.05) is 0 Å². The first-order chi connectivity index (χ1) is 7.52. The van der Waals surface area contributed by atoms with E-state index < -0.39 is 10.0 Å². The third-order valence-corrected chi connectivity index (χ3v) is 4.76. The number of nitrogens with zero attached hydrogens (tertiary/aromatic N) is 1. The minimum atomic E-state index is -3.05. The fourth-order valence-electron chi connectivity index (χ4n) is 1.80. The molecule has 0 aliphatic carbocycles. The van der Waals surface area contributed by atoms with Gasteiger partial charge >= 0.3 is 0 Å². The molecule has 96 valence electrons. The summed E-state index contributed by atoms with van der Waals surface area (Å²) in [6.07, 6.45) is 3.38. The molecule has 0 spiro atoms. The summed E-state index contributed by atoms with van der Waals surface area (Å²) in [6, 6.07) is 0.465. The Morgan fingerprint density at radius 1 is 1.31 bits per heavy atom. The predicted octanol–water partition coefficient (Wildman–Crippen LogP) is -0.390. The smallest absolute Gasteiger partial charge is 0.214 e. The fourth-order valence-corrected chi connectivity index (χ4v) is 2.54. The zero-order valence-corrected chi connectivity index (χ0v) is 11.0. The van der Waals surface area contributed by atoms with Gasteiger partial charge in [0.1, 0.15) is 0 Å². The molecule has 0 aromatic carbocycles.